The number of aromatic nitrogens is 1. The van der Waals surface area contributed by atoms with Crippen LogP contribution in [0.5, 0.6) is 0 Å². The Bertz CT molecular complexity index is 595. The Kier molecular flexibility index (Phi) is 3.63. The summed E-state index contributed by atoms with van der Waals surface area (Å²) in [5.74, 6) is 0.765. The van der Waals surface area contributed by atoms with Crippen molar-refractivity contribution in [3.05, 3.63) is 24.1 Å². The predicted molar refractivity (Wildman–Crippen MR) is 80.4 cm³/mol. The molecule has 2 heterocycles. The van der Waals surface area contributed by atoms with E-state index in [0.29, 0.717) is 11.7 Å². The molecule has 2 aromatic rings. The lowest BCUT2D eigenvalue weighted by Gasteiger charge is -2.35. The summed E-state index contributed by atoms with van der Waals surface area (Å²) in [5.41, 5.74) is 8.12. The van der Waals surface area contributed by atoms with Gasteiger partial charge in [-0.05, 0) is 45.6 Å². The number of hydrogen-bond donors (Lipinski definition) is 1. The smallest absolute Gasteiger partial charge is 0.209 e. The van der Waals surface area contributed by atoms with E-state index in [-0.39, 0.29) is 0 Å². The van der Waals surface area contributed by atoms with Crippen LogP contribution in [0.4, 0.5) is 5.69 Å². The Morgan fingerprint density at radius 2 is 2.35 bits per heavy atom. The summed E-state index contributed by atoms with van der Waals surface area (Å²) in [4.78, 5) is 9.25. The molecule has 1 aliphatic rings. The van der Waals surface area contributed by atoms with Crippen LogP contribution < -0.4 is 5.73 Å². The Hall–Kier alpha value is -1.59. The molecule has 108 valence electrons. The lowest BCUT2D eigenvalue weighted by Crippen LogP contribution is -2.44. The predicted octanol–water partition coefficient (Wildman–Crippen LogP) is 1.94. The van der Waals surface area contributed by atoms with E-state index in [1.165, 1.54) is 19.4 Å². The molecule has 20 heavy (non-hydrogen) atoms. The van der Waals surface area contributed by atoms with Gasteiger partial charge in [0.2, 0.25) is 5.89 Å². The zero-order valence-electron chi connectivity index (χ0n) is 12.2. The van der Waals surface area contributed by atoms with Crippen LogP contribution in [0.2, 0.25) is 0 Å². The summed E-state index contributed by atoms with van der Waals surface area (Å²) in [7, 11) is 4.33. The molecule has 0 amide bonds. The van der Waals surface area contributed by atoms with E-state index in [1.807, 2.05) is 18.2 Å². The number of likely N-dealkylation sites (N-methyl/N-ethyl adjacent to an activating group) is 2. The maximum absolute atomic E-state index is 5.79. The Labute approximate surface area is 119 Å². The first-order valence-electron chi connectivity index (χ1n) is 7.15. The average Bonchev–Trinajstić information content (AvgIpc) is 2.80. The van der Waals surface area contributed by atoms with Gasteiger partial charge in [-0.1, -0.05) is 0 Å². The second-order valence-electron chi connectivity index (χ2n) is 5.81. The van der Waals surface area contributed by atoms with Gasteiger partial charge in [-0.15, -0.1) is 0 Å². The highest BCUT2D eigenvalue weighted by Gasteiger charge is 2.22. The van der Waals surface area contributed by atoms with E-state index < -0.39 is 0 Å². The molecular weight excluding hydrogens is 252 g/mol. The minimum Gasteiger partial charge on any atom is -0.439 e. The highest BCUT2D eigenvalue weighted by Crippen LogP contribution is 2.21. The zero-order chi connectivity index (χ0) is 14.1. The summed E-state index contributed by atoms with van der Waals surface area (Å²) in [6.45, 7) is 3.06. The molecule has 1 saturated heterocycles. The molecular formula is C15H22N4O. The van der Waals surface area contributed by atoms with Crippen LogP contribution >= 0.6 is 0 Å². The van der Waals surface area contributed by atoms with E-state index in [2.05, 4.69) is 28.9 Å². The van der Waals surface area contributed by atoms with Gasteiger partial charge < -0.3 is 15.1 Å². The number of piperidine rings is 1. The minimum atomic E-state index is 0.578. The largest absolute Gasteiger partial charge is 0.439 e. The highest BCUT2D eigenvalue weighted by atomic mass is 16.3. The Balaban J connectivity index is 1.72. The second-order valence-corrected chi connectivity index (χ2v) is 5.81. The SMILES string of the molecule is CN1CCCC(N(C)Cc2nc3ccc(N)cc3o2)C1. The van der Waals surface area contributed by atoms with E-state index >= 15 is 0 Å². The standard InChI is InChI=1S/C15H22N4O/c1-18-7-3-4-12(9-18)19(2)10-15-17-13-6-5-11(16)8-14(13)20-15/h5-6,8,12H,3-4,7,9-10,16H2,1-2H3. The number of rotatable bonds is 3. The summed E-state index contributed by atoms with van der Waals surface area (Å²) in [6.07, 6.45) is 2.50. The number of nitrogen functional groups attached to an aromatic ring is 1. The van der Waals surface area contributed by atoms with Crippen LogP contribution in [-0.4, -0.2) is 48.0 Å². The number of nitrogens with two attached hydrogens (primary N) is 1. The molecule has 0 saturated carbocycles. The summed E-state index contributed by atoms with van der Waals surface area (Å²) in [6, 6.07) is 6.18. The van der Waals surface area contributed by atoms with Gasteiger partial charge in [-0.25, -0.2) is 4.98 Å². The van der Waals surface area contributed by atoms with Gasteiger partial charge in [0.1, 0.15) is 5.52 Å². The first-order valence-corrected chi connectivity index (χ1v) is 7.15. The van der Waals surface area contributed by atoms with Gasteiger partial charge >= 0.3 is 0 Å². The monoisotopic (exact) mass is 274 g/mol. The van der Waals surface area contributed by atoms with E-state index in [4.69, 9.17) is 10.2 Å². The van der Waals surface area contributed by atoms with Crippen molar-refractivity contribution in [3.63, 3.8) is 0 Å². The Morgan fingerprint density at radius 3 is 3.15 bits per heavy atom. The third-order valence-corrected chi connectivity index (χ3v) is 4.06. The molecule has 0 spiro atoms. The normalized spacial score (nSPS) is 20.9. The summed E-state index contributed by atoms with van der Waals surface area (Å²) < 4.78 is 5.79. The van der Waals surface area contributed by atoms with Gasteiger partial charge in [0.05, 0.1) is 6.54 Å². The first kappa shape index (κ1) is 13.4. The van der Waals surface area contributed by atoms with Crippen molar-refractivity contribution in [3.8, 4) is 0 Å². The molecule has 0 bridgehead atoms. The maximum Gasteiger partial charge on any atom is 0.209 e. The number of nitrogens with zero attached hydrogens (tertiary/aromatic N) is 3. The fourth-order valence-corrected chi connectivity index (χ4v) is 2.90. The number of likely N-dealkylation sites (tertiary alicyclic amines) is 1. The molecule has 1 aromatic heterocycles. The summed E-state index contributed by atoms with van der Waals surface area (Å²) in [5, 5.41) is 0. The van der Waals surface area contributed by atoms with Crippen molar-refractivity contribution in [1.82, 2.24) is 14.8 Å². The van der Waals surface area contributed by atoms with Crippen LogP contribution in [0.3, 0.4) is 0 Å². The lowest BCUT2D eigenvalue weighted by atomic mass is 10.1. The van der Waals surface area contributed by atoms with Gasteiger partial charge in [0, 0.05) is 24.3 Å². The lowest BCUT2D eigenvalue weighted by molar-refractivity contribution is 0.122. The minimum absolute atomic E-state index is 0.578. The molecule has 5 nitrogen and oxygen atoms in total. The van der Waals surface area contributed by atoms with Crippen LogP contribution in [0.1, 0.15) is 18.7 Å². The van der Waals surface area contributed by atoms with Crippen molar-refractivity contribution in [2.24, 2.45) is 0 Å². The van der Waals surface area contributed by atoms with Crippen LogP contribution in [0, 0.1) is 0 Å². The molecule has 3 rings (SSSR count). The van der Waals surface area contributed by atoms with Crippen LogP contribution in [0.15, 0.2) is 22.6 Å². The molecule has 2 N–H and O–H groups in total. The van der Waals surface area contributed by atoms with Crippen LogP contribution in [-0.2, 0) is 6.54 Å². The zero-order valence-corrected chi connectivity index (χ0v) is 12.2. The van der Waals surface area contributed by atoms with E-state index in [9.17, 15) is 0 Å². The number of oxazole rings is 1. The number of anilines is 1. The van der Waals surface area contributed by atoms with Gasteiger partial charge in [-0.2, -0.15) is 0 Å². The maximum atomic E-state index is 5.79. The highest BCUT2D eigenvalue weighted by molar-refractivity contribution is 5.76. The Morgan fingerprint density at radius 1 is 1.50 bits per heavy atom. The molecule has 1 fully saturated rings. The topological polar surface area (TPSA) is 58.5 Å². The molecule has 1 atom stereocenters. The average molecular weight is 274 g/mol. The fourth-order valence-electron chi connectivity index (χ4n) is 2.90. The van der Waals surface area contributed by atoms with E-state index in [0.717, 1.165) is 30.1 Å². The van der Waals surface area contributed by atoms with Crippen LogP contribution in [0.25, 0.3) is 11.1 Å². The van der Waals surface area contributed by atoms with Crippen molar-refractivity contribution in [2.75, 3.05) is 32.9 Å². The quantitative estimate of drug-likeness (QED) is 0.867. The molecule has 1 aromatic carbocycles. The molecule has 1 unspecified atom stereocenters. The van der Waals surface area contributed by atoms with Gasteiger partial charge in [-0.3, -0.25) is 4.90 Å². The number of fused-ring (bicyclic) bond motifs is 1. The number of benzene rings is 1. The van der Waals surface area contributed by atoms with Crippen molar-refractivity contribution >= 4 is 16.8 Å². The fraction of sp³-hybridized carbons (Fsp3) is 0.533. The molecule has 5 heteroatoms. The van der Waals surface area contributed by atoms with Gasteiger partial charge in [0.25, 0.3) is 0 Å². The molecule has 0 radical (unpaired) electrons. The van der Waals surface area contributed by atoms with Crippen molar-refractivity contribution in [1.29, 1.82) is 0 Å². The third kappa shape index (κ3) is 2.78. The first-order chi connectivity index (χ1) is 9.61. The van der Waals surface area contributed by atoms with Gasteiger partial charge in [0.15, 0.2) is 5.58 Å². The summed E-state index contributed by atoms with van der Waals surface area (Å²) >= 11 is 0. The second kappa shape index (κ2) is 5.42. The number of hydrogen-bond acceptors (Lipinski definition) is 5. The van der Waals surface area contributed by atoms with Crippen molar-refractivity contribution in [2.45, 2.75) is 25.4 Å². The third-order valence-electron chi connectivity index (χ3n) is 4.06. The van der Waals surface area contributed by atoms with Crippen molar-refractivity contribution < 1.29 is 4.42 Å². The molecule has 1 aliphatic heterocycles. The molecule has 0 aliphatic carbocycles. The van der Waals surface area contributed by atoms with E-state index in [1.54, 1.807) is 0 Å².